The maximum absolute atomic E-state index is 11.7. The summed E-state index contributed by atoms with van der Waals surface area (Å²) in [7, 11) is -2.85. The van der Waals surface area contributed by atoms with E-state index in [1.54, 1.807) is 0 Å². The van der Waals surface area contributed by atoms with Crippen LogP contribution in [-0.2, 0) is 16.3 Å². The van der Waals surface area contributed by atoms with Crippen LogP contribution in [0.3, 0.4) is 0 Å². The summed E-state index contributed by atoms with van der Waals surface area (Å²) in [5.74, 6) is 0.578. The molecule has 3 nitrogen and oxygen atoms in total. The van der Waals surface area contributed by atoms with Crippen LogP contribution in [0.4, 0.5) is 0 Å². The van der Waals surface area contributed by atoms with Crippen LogP contribution in [0.2, 0.25) is 0 Å². The van der Waals surface area contributed by atoms with Crippen molar-refractivity contribution in [1.29, 1.82) is 0 Å². The minimum Gasteiger partial charge on any atom is -0.304 e. The van der Waals surface area contributed by atoms with Crippen LogP contribution < -0.4 is 5.32 Å². The third-order valence-corrected chi connectivity index (χ3v) is 6.89. The molecular formula is C14H18BrNO2S. The molecule has 0 spiro atoms. The van der Waals surface area contributed by atoms with Crippen molar-refractivity contribution in [3.05, 3.63) is 33.8 Å². The van der Waals surface area contributed by atoms with E-state index in [2.05, 4.69) is 39.4 Å². The molecule has 0 saturated carbocycles. The molecule has 1 fully saturated rings. The third-order valence-electron chi connectivity index (χ3n) is 4.24. The van der Waals surface area contributed by atoms with Gasteiger partial charge in [0, 0.05) is 16.1 Å². The second-order valence-electron chi connectivity index (χ2n) is 5.95. The van der Waals surface area contributed by atoms with E-state index in [0.717, 1.165) is 19.3 Å². The molecule has 0 bridgehead atoms. The van der Waals surface area contributed by atoms with Gasteiger partial charge >= 0.3 is 0 Å². The first-order valence-corrected chi connectivity index (χ1v) is 9.25. The molecule has 5 heteroatoms. The Hall–Kier alpha value is -0.390. The number of halogens is 1. The lowest BCUT2D eigenvalue weighted by molar-refractivity contribution is 0.341. The number of nitrogens with one attached hydrogen (secondary N) is 1. The van der Waals surface area contributed by atoms with Gasteiger partial charge in [0.1, 0.15) is 0 Å². The molecule has 1 aliphatic heterocycles. The van der Waals surface area contributed by atoms with Crippen molar-refractivity contribution in [2.24, 2.45) is 0 Å². The summed E-state index contributed by atoms with van der Waals surface area (Å²) in [5.41, 5.74) is 2.41. The van der Waals surface area contributed by atoms with Gasteiger partial charge in [-0.2, -0.15) is 0 Å². The number of fused-ring (bicyclic) bond motifs is 1. The standard InChI is InChI=1S/C14H18BrNO2S/c1-14(7-8-19(17,18)9-14)16-13-6-5-10-11(13)3-2-4-12(10)15/h2-4,13,16H,5-9H2,1H3. The lowest BCUT2D eigenvalue weighted by atomic mass is 9.98. The molecular weight excluding hydrogens is 326 g/mol. The van der Waals surface area contributed by atoms with Gasteiger partial charge in [0.05, 0.1) is 11.5 Å². The number of rotatable bonds is 2. The Kier molecular flexibility index (Phi) is 3.27. The minimum absolute atomic E-state index is 0.264. The molecule has 1 aliphatic carbocycles. The maximum Gasteiger partial charge on any atom is 0.152 e. The molecule has 1 aromatic carbocycles. The summed E-state index contributed by atoms with van der Waals surface area (Å²) in [6.07, 6.45) is 2.82. The SMILES string of the molecule is CC1(NC2CCc3c(Br)cccc32)CCS(=O)(=O)C1. The fraction of sp³-hybridized carbons (Fsp3) is 0.571. The van der Waals surface area contributed by atoms with E-state index >= 15 is 0 Å². The predicted octanol–water partition coefficient (Wildman–Crippen LogP) is 2.60. The Labute approximate surface area is 122 Å². The van der Waals surface area contributed by atoms with Crippen molar-refractivity contribution < 1.29 is 8.42 Å². The average molecular weight is 344 g/mol. The molecule has 2 unspecified atom stereocenters. The van der Waals surface area contributed by atoms with Crippen LogP contribution in [0.5, 0.6) is 0 Å². The average Bonchev–Trinajstić information content (AvgIpc) is 2.83. The smallest absolute Gasteiger partial charge is 0.152 e. The number of benzene rings is 1. The van der Waals surface area contributed by atoms with E-state index in [9.17, 15) is 8.42 Å². The van der Waals surface area contributed by atoms with E-state index in [-0.39, 0.29) is 17.3 Å². The fourth-order valence-electron chi connectivity index (χ4n) is 3.30. The molecule has 1 saturated heterocycles. The van der Waals surface area contributed by atoms with E-state index in [0.29, 0.717) is 5.75 Å². The summed E-state index contributed by atoms with van der Waals surface area (Å²) in [4.78, 5) is 0. The molecule has 0 amide bonds. The summed E-state index contributed by atoms with van der Waals surface area (Å²) in [5, 5.41) is 3.59. The minimum atomic E-state index is -2.85. The molecule has 2 atom stereocenters. The summed E-state index contributed by atoms with van der Waals surface area (Å²) in [6.45, 7) is 2.04. The van der Waals surface area contributed by atoms with E-state index in [1.807, 2.05) is 6.92 Å². The molecule has 2 aliphatic rings. The van der Waals surface area contributed by atoms with E-state index in [4.69, 9.17) is 0 Å². The van der Waals surface area contributed by atoms with Crippen LogP contribution in [-0.4, -0.2) is 25.5 Å². The first-order chi connectivity index (χ1) is 8.89. The van der Waals surface area contributed by atoms with Gasteiger partial charge in [-0.3, -0.25) is 0 Å². The van der Waals surface area contributed by atoms with Crippen molar-refractivity contribution in [2.45, 2.75) is 37.8 Å². The quantitative estimate of drug-likeness (QED) is 0.897. The van der Waals surface area contributed by atoms with E-state index < -0.39 is 9.84 Å². The molecule has 1 aromatic rings. The van der Waals surface area contributed by atoms with Crippen molar-refractivity contribution in [2.75, 3.05) is 11.5 Å². The molecule has 104 valence electrons. The monoisotopic (exact) mass is 343 g/mol. The zero-order valence-electron chi connectivity index (χ0n) is 10.9. The predicted molar refractivity (Wildman–Crippen MR) is 80.0 cm³/mol. The normalized spacial score (nSPS) is 32.4. The number of sulfone groups is 1. The molecule has 0 aromatic heterocycles. The van der Waals surface area contributed by atoms with Gasteiger partial charge < -0.3 is 5.32 Å². The molecule has 1 heterocycles. The zero-order chi connectivity index (χ0) is 13.7. The van der Waals surface area contributed by atoms with E-state index in [1.165, 1.54) is 15.6 Å². The van der Waals surface area contributed by atoms with Crippen LogP contribution in [0, 0.1) is 0 Å². The van der Waals surface area contributed by atoms with Crippen LogP contribution in [0.25, 0.3) is 0 Å². The fourth-order valence-corrected chi connectivity index (χ4v) is 5.99. The number of hydrogen-bond acceptors (Lipinski definition) is 3. The zero-order valence-corrected chi connectivity index (χ0v) is 13.4. The Morgan fingerprint density at radius 2 is 2.21 bits per heavy atom. The first-order valence-electron chi connectivity index (χ1n) is 6.64. The Bertz CT molecular complexity index is 614. The first kappa shape index (κ1) is 13.6. The van der Waals surface area contributed by atoms with Crippen molar-refractivity contribution in [3.63, 3.8) is 0 Å². The van der Waals surface area contributed by atoms with Gasteiger partial charge in [-0.1, -0.05) is 28.1 Å². The third kappa shape index (κ3) is 2.60. The van der Waals surface area contributed by atoms with Crippen LogP contribution in [0.15, 0.2) is 22.7 Å². The Morgan fingerprint density at radius 1 is 1.42 bits per heavy atom. The van der Waals surface area contributed by atoms with Crippen molar-refractivity contribution in [1.82, 2.24) is 5.32 Å². The topological polar surface area (TPSA) is 46.2 Å². The molecule has 1 N–H and O–H groups in total. The second kappa shape index (κ2) is 4.57. The highest BCUT2D eigenvalue weighted by Crippen LogP contribution is 2.38. The highest BCUT2D eigenvalue weighted by Gasteiger charge is 2.40. The lowest BCUT2D eigenvalue weighted by Gasteiger charge is -2.29. The van der Waals surface area contributed by atoms with Crippen LogP contribution >= 0.6 is 15.9 Å². The maximum atomic E-state index is 11.7. The Balaban J connectivity index is 1.82. The van der Waals surface area contributed by atoms with Gasteiger partial charge in [-0.15, -0.1) is 0 Å². The molecule has 3 rings (SSSR count). The summed E-state index contributed by atoms with van der Waals surface area (Å²) < 4.78 is 24.5. The van der Waals surface area contributed by atoms with Gasteiger partial charge in [-0.05, 0) is 43.4 Å². The van der Waals surface area contributed by atoms with Gasteiger partial charge in [-0.25, -0.2) is 8.42 Å². The second-order valence-corrected chi connectivity index (χ2v) is 8.98. The van der Waals surface area contributed by atoms with Crippen molar-refractivity contribution in [3.8, 4) is 0 Å². The molecule has 0 radical (unpaired) electrons. The molecule has 19 heavy (non-hydrogen) atoms. The highest BCUT2D eigenvalue weighted by molar-refractivity contribution is 9.10. The number of hydrogen-bond donors (Lipinski definition) is 1. The summed E-state index contributed by atoms with van der Waals surface area (Å²) >= 11 is 3.60. The summed E-state index contributed by atoms with van der Waals surface area (Å²) in [6, 6.07) is 6.56. The van der Waals surface area contributed by atoms with Gasteiger partial charge in [0.25, 0.3) is 0 Å². The Morgan fingerprint density at radius 3 is 2.89 bits per heavy atom. The lowest BCUT2D eigenvalue weighted by Crippen LogP contribution is -2.44. The highest BCUT2D eigenvalue weighted by atomic mass is 79.9. The van der Waals surface area contributed by atoms with Gasteiger partial charge in [0.15, 0.2) is 9.84 Å². The largest absolute Gasteiger partial charge is 0.304 e. The van der Waals surface area contributed by atoms with Crippen molar-refractivity contribution >= 4 is 25.8 Å². The van der Waals surface area contributed by atoms with Gasteiger partial charge in [0.2, 0.25) is 0 Å². The van der Waals surface area contributed by atoms with Crippen LogP contribution in [0.1, 0.15) is 36.9 Å².